The molecule has 102 valence electrons. The molecule has 0 bridgehead atoms. The molecule has 19 heavy (non-hydrogen) atoms. The summed E-state index contributed by atoms with van der Waals surface area (Å²) in [4.78, 5) is 2.59. The SMILES string of the molecule is NCc1ccc2c(ccn2CCN2CCCCC2)c1. The van der Waals surface area contributed by atoms with E-state index in [1.165, 1.54) is 55.4 Å². The first-order valence-corrected chi connectivity index (χ1v) is 7.37. The molecule has 0 saturated carbocycles. The molecule has 0 atom stereocenters. The molecule has 1 aliphatic rings. The second-order valence-corrected chi connectivity index (χ2v) is 5.51. The van der Waals surface area contributed by atoms with Crippen molar-refractivity contribution in [2.45, 2.75) is 32.4 Å². The van der Waals surface area contributed by atoms with Crippen LogP contribution < -0.4 is 5.73 Å². The van der Waals surface area contributed by atoms with Crippen LogP contribution in [0.3, 0.4) is 0 Å². The topological polar surface area (TPSA) is 34.2 Å². The summed E-state index contributed by atoms with van der Waals surface area (Å²) in [6.07, 6.45) is 6.35. The van der Waals surface area contributed by atoms with E-state index in [2.05, 4.69) is 39.9 Å². The lowest BCUT2D eigenvalue weighted by atomic mass is 10.1. The first kappa shape index (κ1) is 12.7. The third-order valence-electron chi connectivity index (χ3n) is 4.18. The molecule has 0 amide bonds. The van der Waals surface area contributed by atoms with Crippen LogP contribution in [0.2, 0.25) is 0 Å². The first-order chi connectivity index (χ1) is 9.36. The van der Waals surface area contributed by atoms with Crippen molar-refractivity contribution in [3.8, 4) is 0 Å². The fraction of sp³-hybridized carbons (Fsp3) is 0.500. The van der Waals surface area contributed by atoms with Gasteiger partial charge in [-0.25, -0.2) is 0 Å². The van der Waals surface area contributed by atoms with Gasteiger partial charge in [0.15, 0.2) is 0 Å². The molecule has 2 N–H and O–H groups in total. The van der Waals surface area contributed by atoms with Crippen LogP contribution in [0.25, 0.3) is 10.9 Å². The molecule has 0 aliphatic carbocycles. The minimum absolute atomic E-state index is 0.620. The summed E-state index contributed by atoms with van der Waals surface area (Å²) in [5.41, 5.74) is 8.23. The maximum atomic E-state index is 5.69. The van der Waals surface area contributed by atoms with Gasteiger partial charge in [-0.2, -0.15) is 0 Å². The average molecular weight is 257 g/mol. The minimum atomic E-state index is 0.620. The number of hydrogen-bond donors (Lipinski definition) is 1. The van der Waals surface area contributed by atoms with Gasteiger partial charge >= 0.3 is 0 Å². The van der Waals surface area contributed by atoms with Gasteiger partial charge in [-0.05, 0) is 55.1 Å². The third-order valence-corrected chi connectivity index (χ3v) is 4.18. The number of rotatable bonds is 4. The summed E-state index contributed by atoms with van der Waals surface area (Å²) >= 11 is 0. The Kier molecular flexibility index (Phi) is 3.85. The van der Waals surface area contributed by atoms with Crippen LogP contribution in [0.1, 0.15) is 24.8 Å². The number of piperidine rings is 1. The van der Waals surface area contributed by atoms with E-state index < -0.39 is 0 Å². The molecule has 0 radical (unpaired) electrons. The van der Waals surface area contributed by atoms with Gasteiger partial charge in [0, 0.05) is 31.3 Å². The summed E-state index contributed by atoms with van der Waals surface area (Å²) in [5.74, 6) is 0. The highest BCUT2D eigenvalue weighted by Crippen LogP contribution is 2.18. The highest BCUT2D eigenvalue weighted by atomic mass is 15.1. The van der Waals surface area contributed by atoms with Crippen molar-refractivity contribution < 1.29 is 0 Å². The lowest BCUT2D eigenvalue weighted by Gasteiger charge is -2.26. The van der Waals surface area contributed by atoms with Gasteiger partial charge in [0.2, 0.25) is 0 Å². The van der Waals surface area contributed by atoms with E-state index >= 15 is 0 Å². The van der Waals surface area contributed by atoms with Crippen LogP contribution in [-0.2, 0) is 13.1 Å². The van der Waals surface area contributed by atoms with E-state index in [1.807, 2.05) is 0 Å². The van der Waals surface area contributed by atoms with E-state index in [0.29, 0.717) is 6.54 Å². The Morgan fingerprint density at radius 3 is 2.63 bits per heavy atom. The summed E-state index contributed by atoms with van der Waals surface area (Å²) < 4.78 is 2.37. The normalized spacial score (nSPS) is 17.1. The molecule has 0 spiro atoms. The van der Waals surface area contributed by atoms with E-state index in [9.17, 15) is 0 Å². The molecule has 1 aliphatic heterocycles. The fourth-order valence-electron chi connectivity index (χ4n) is 3.00. The highest BCUT2D eigenvalue weighted by Gasteiger charge is 2.10. The Morgan fingerprint density at radius 2 is 1.84 bits per heavy atom. The van der Waals surface area contributed by atoms with Gasteiger partial charge in [-0.15, -0.1) is 0 Å². The smallest absolute Gasteiger partial charge is 0.0480 e. The molecule has 1 aromatic heterocycles. The van der Waals surface area contributed by atoms with Gasteiger partial charge in [-0.3, -0.25) is 0 Å². The van der Waals surface area contributed by atoms with E-state index in [0.717, 1.165) is 6.54 Å². The molecule has 3 heteroatoms. The number of nitrogens with two attached hydrogens (primary N) is 1. The molecule has 2 heterocycles. The van der Waals surface area contributed by atoms with Crippen LogP contribution in [0.4, 0.5) is 0 Å². The number of fused-ring (bicyclic) bond motifs is 1. The number of aromatic nitrogens is 1. The Hall–Kier alpha value is -1.32. The van der Waals surface area contributed by atoms with Crippen molar-refractivity contribution in [3.05, 3.63) is 36.0 Å². The lowest BCUT2D eigenvalue weighted by molar-refractivity contribution is 0.221. The Morgan fingerprint density at radius 1 is 1.00 bits per heavy atom. The van der Waals surface area contributed by atoms with Gasteiger partial charge < -0.3 is 15.2 Å². The van der Waals surface area contributed by atoms with E-state index in [-0.39, 0.29) is 0 Å². The van der Waals surface area contributed by atoms with Gasteiger partial charge in [0.05, 0.1) is 0 Å². The first-order valence-electron chi connectivity index (χ1n) is 7.37. The molecule has 2 aromatic rings. The van der Waals surface area contributed by atoms with Crippen LogP contribution >= 0.6 is 0 Å². The second-order valence-electron chi connectivity index (χ2n) is 5.51. The van der Waals surface area contributed by atoms with Crippen LogP contribution in [0.5, 0.6) is 0 Å². The molecule has 1 fully saturated rings. The molecule has 3 nitrogen and oxygen atoms in total. The van der Waals surface area contributed by atoms with Crippen molar-refractivity contribution in [3.63, 3.8) is 0 Å². The van der Waals surface area contributed by atoms with E-state index in [4.69, 9.17) is 5.73 Å². The van der Waals surface area contributed by atoms with Crippen molar-refractivity contribution in [1.82, 2.24) is 9.47 Å². The lowest BCUT2D eigenvalue weighted by Crippen LogP contribution is -2.32. The largest absolute Gasteiger partial charge is 0.346 e. The number of nitrogens with zero attached hydrogens (tertiary/aromatic N) is 2. The van der Waals surface area contributed by atoms with Crippen LogP contribution in [0, 0.1) is 0 Å². The van der Waals surface area contributed by atoms with E-state index in [1.54, 1.807) is 0 Å². The zero-order chi connectivity index (χ0) is 13.1. The molecule has 3 rings (SSSR count). The second kappa shape index (κ2) is 5.76. The monoisotopic (exact) mass is 257 g/mol. The Balaban J connectivity index is 1.70. The molecule has 1 saturated heterocycles. The molecular formula is C16H23N3. The van der Waals surface area contributed by atoms with Gasteiger partial charge in [0.25, 0.3) is 0 Å². The van der Waals surface area contributed by atoms with Gasteiger partial charge in [0.1, 0.15) is 0 Å². The predicted octanol–water partition coefficient (Wildman–Crippen LogP) is 2.59. The fourth-order valence-corrected chi connectivity index (χ4v) is 3.00. The summed E-state index contributed by atoms with van der Waals surface area (Å²) in [5, 5.41) is 1.31. The number of hydrogen-bond acceptors (Lipinski definition) is 2. The molecule has 0 unspecified atom stereocenters. The number of likely N-dealkylation sites (tertiary alicyclic amines) is 1. The van der Waals surface area contributed by atoms with Crippen molar-refractivity contribution in [1.29, 1.82) is 0 Å². The van der Waals surface area contributed by atoms with Crippen LogP contribution in [-0.4, -0.2) is 29.1 Å². The van der Waals surface area contributed by atoms with Crippen LogP contribution in [0.15, 0.2) is 30.5 Å². The summed E-state index contributed by atoms with van der Waals surface area (Å²) in [7, 11) is 0. The van der Waals surface area contributed by atoms with Crippen molar-refractivity contribution >= 4 is 10.9 Å². The molecular weight excluding hydrogens is 234 g/mol. The predicted molar refractivity (Wildman–Crippen MR) is 80.1 cm³/mol. The highest BCUT2D eigenvalue weighted by molar-refractivity contribution is 5.80. The van der Waals surface area contributed by atoms with Crippen molar-refractivity contribution in [2.75, 3.05) is 19.6 Å². The number of benzene rings is 1. The zero-order valence-corrected chi connectivity index (χ0v) is 11.5. The maximum absolute atomic E-state index is 5.69. The van der Waals surface area contributed by atoms with Crippen molar-refractivity contribution in [2.24, 2.45) is 5.73 Å². The summed E-state index contributed by atoms with van der Waals surface area (Å²) in [6.45, 7) is 5.43. The quantitative estimate of drug-likeness (QED) is 0.913. The molecule has 1 aromatic carbocycles. The Bertz CT molecular complexity index is 538. The summed E-state index contributed by atoms with van der Waals surface area (Å²) in [6, 6.07) is 8.74. The maximum Gasteiger partial charge on any atom is 0.0480 e. The standard InChI is InChI=1S/C16H23N3/c17-13-14-4-5-16-15(12-14)6-9-19(16)11-10-18-7-2-1-3-8-18/h4-6,9,12H,1-3,7-8,10-11,13,17H2. The Labute approximate surface area is 115 Å². The van der Waals surface area contributed by atoms with Gasteiger partial charge in [-0.1, -0.05) is 12.5 Å². The average Bonchev–Trinajstić information content (AvgIpc) is 2.88. The third kappa shape index (κ3) is 2.82. The zero-order valence-electron chi connectivity index (χ0n) is 11.5. The minimum Gasteiger partial charge on any atom is -0.346 e.